The van der Waals surface area contributed by atoms with Crippen LogP contribution in [0.2, 0.25) is 0 Å². The molecule has 5 nitrogen and oxygen atoms in total. The highest BCUT2D eigenvalue weighted by molar-refractivity contribution is 7.91. The Bertz CT molecular complexity index is 791. The van der Waals surface area contributed by atoms with Crippen LogP contribution in [-0.2, 0) is 10.0 Å². The lowest BCUT2D eigenvalue weighted by atomic mass is 10.1. The molecule has 1 N–H and O–H groups in total. The number of nitriles is 1. The van der Waals surface area contributed by atoms with Gasteiger partial charge in [-0.2, -0.15) is 9.57 Å². The number of sulfonamides is 1. The summed E-state index contributed by atoms with van der Waals surface area (Å²) in [6, 6.07) is 10.9. The zero-order chi connectivity index (χ0) is 15.6. The van der Waals surface area contributed by atoms with Crippen LogP contribution >= 0.6 is 11.3 Å². The smallest absolute Gasteiger partial charge is 0.252 e. The first-order valence-electron chi connectivity index (χ1n) is 6.13. The molecule has 110 valence electrons. The molecule has 1 aromatic heterocycles. The minimum Gasteiger partial charge on any atom is -0.508 e. The summed E-state index contributed by atoms with van der Waals surface area (Å²) < 4.78 is 26.4. The first-order chi connectivity index (χ1) is 9.87. The van der Waals surface area contributed by atoms with E-state index in [1.54, 1.807) is 25.1 Å². The Hall–Kier alpha value is -1.88. The second-order valence-corrected chi connectivity index (χ2v) is 7.79. The average Bonchev–Trinajstić information content (AvgIpc) is 2.96. The van der Waals surface area contributed by atoms with Crippen LogP contribution in [0.1, 0.15) is 23.4 Å². The number of rotatable bonds is 4. The molecule has 0 aliphatic heterocycles. The van der Waals surface area contributed by atoms with Gasteiger partial charge in [-0.15, -0.1) is 11.3 Å². The zero-order valence-corrected chi connectivity index (χ0v) is 13.1. The second-order valence-electron chi connectivity index (χ2n) is 4.49. The van der Waals surface area contributed by atoms with Crippen molar-refractivity contribution >= 4 is 21.4 Å². The lowest BCUT2D eigenvalue weighted by Gasteiger charge is -2.24. The van der Waals surface area contributed by atoms with Gasteiger partial charge in [-0.05, 0) is 25.1 Å². The second kappa shape index (κ2) is 5.85. The van der Waals surface area contributed by atoms with Crippen LogP contribution in [0.5, 0.6) is 5.75 Å². The van der Waals surface area contributed by atoms with E-state index in [9.17, 15) is 13.5 Å². The van der Waals surface area contributed by atoms with Gasteiger partial charge in [-0.25, -0.2) is 8.42 Å². The highest BCUT2D eigenvalue weighted by atomic mass is 32.2. The molecule has 1 unspecified atom stereocenters. The molecule has 0 saturated heterocycles. The molecule has 1 heterocycles. The molecule has 0 saturated carbocycles. The van der Waals surface area contributed by atoms with E-state index in [0.29, 0.717) is 10.4 Å². The summed E-state index contributed by atoms with van der Waals surface area (Å²) in [5, 5.41) is 18.6. The van der Waals surface area contributed by atoms with Crippen molar-refractivity contribution < 1.29 is 13.5 Å². The summed E-state index contributed by atoms with van der Waals surface area (Å²) in [6.45, 7) is 1.70. The van der Waals surface area contributed by atoms with Crippen molar-refractivity contribution in [2.24, 2.45) is 0 Å². The molecule has 0 bridgehead atoms. The fraction of sp³-hybridized carbons (Fsp3) is 0.214. The summed E-state index contributed by atoms with van der Waals surface area (Å²) in [5.41, 5.74) is 0.528. The fourth-order valence-electron chi connectivity index (χ4n) is 1.91. The van der Waals surface area contributed by atoms with E-state index in [1.807, 2.05) is 6.07 Å². The van der Waals surface area contributed by atoms with Crippen molar-refractivity contribution in [2.75, 3.05) is 7.05 Å². The molecule has 0 aliphatic carbocycles. The lowest BCUT2D eigenvalue weighted by molar-refractivity contribution is 0.382. The zero-order valence-electron chi connectivity index (χ0n) is 11.5. The van der Waals surface area contributed by atoms with Crippen LogP contribution in [0, 0.1) is 11.3 Å². The normalized spacial score (nSPS) is 13.0. The summed E-state index contributed by atoms with van der Waals surface area (Å²) in [6.07, 6.45) is 0. The molecule has 0 aliphatic rings. The van der Waals surface area contributed by atoms with Gasteiger partial charge in [0.25, 0.3) is 10.0 Å². The molecule has 1 atom stereocenters. The summed E-state index contributed by atoms with van der Waals surface area (Å²) in [4.78, 5) is 0.345. The van der Waals surface area contributed by atoms with E-state index in [-0.39, 0.29) is 9.96 Å². The third-order valence-electron chi connectivity index (χ3n) is 3.26. The Labute approximate surface area is 127 Å². The van der Waals surface area contributed by atoms with Gasteiger partial charge < -0.3 is 5.11 Å². The van der Waals surface area contributed by atoms with Crippen LogP contribution in [0.15, 0.2) is 40.6 Å². The minimum absolute atomic E-state index is 0.0518. The van der Waals surface area contributed by atoms with Crippen molar-refractivity contribution in [2.45, 2.75) is 17.2 Å². The highest BCUT2D eigenvalue weighted by Gasteiger charge is 2.28. The largest absolute Gasteiger partial charge is 0.508 e. The Morgan fingerprint density at radius 3 is 2.52 bits per heavy atom. The molecule has 1 aromatic carbocycles. The summed E-state index contributed by atoms with van der Waals surface area (Å²) >= 11 is 0.932. The average molecular weight is 322 g/mol. The lowest BCUT2D eigenvalue weighted by Crippen LogP contribution is -2.29. The molecule has 0 fully saturated rings. The van der Waals surface area contributed by atoms with Gasteiger partial charge in [-0.3, -0.25) is 0 Å². The monoisotopic (exact) mass is 322 g/mol. The Balaban J connectivity index is 2.36. The molecule has 2 aromatic rings. The van der Waals surface area contributed by atoms with Crippen LogP contribution < -0.4 is 0 Å². The SMILES string of the molecule is CC(c1ccccc1O)N(C)S(=O)(=O)c1ccc(C#N)s1. The number of para-hydroxylation sites is 1. The van der Waals surface area contributed by atoms with E-state index < -0.39 is 16.1 Å². The number of thiophene rings is 1. The topological polar surface area (TPSA) is 81.4 Å². The number of phenolic OH excluding ortho intramolecular Hbond substituents is 1. The number of hydrogen-bond acceptors (Lipinski definition) is 5. The molecular formula is C14H14N2O3S2. The Morgan fingerprint density at radius 2 is 1.95 bits per heavy atom. The molecule has 0 radical (unpaired) electrons. The van der Waals surface area contributed by atoms with Crippen LogP contribution in [0.3, 0.4) is 0 Å². The van der Waals surface area contributed by atoms with Gasteiger partial charge in [0, 0.05) is 12.6 Å². The maximum Gasteiger partial charge on any atom is 0.252 e. The van der Waals surface area contributed by atoms with E-state index in [0.717, 1.165) is 11.3 Å². The first-order valence-corrected chi connectivity index (χ1v) is 8.39. The van der Waals surface area contributed by atoms with Crippen LogP contribution in [0.4, 0.5) is 0 Å². The maximum atomic E-state index is 12.5. The molecule has 2 rings (SSSR count). The number of aromatic hydroxyl groups is 1. The number of hydrogen-bond donors (Lipinski definition) is 1. The minimum atomic E-state index is -3.70. The van der Waals surface area contributed by atoms with Crippen LogP contribution in [0.25, 0.3) is 0 Å². The van der Waals surface area contributed by atoms with Gasteiger partial charge in [0.05, 0.1) is 6.04 Å². The molecule has 0 amide bonds. The van der Waals surface area contributed by atoms with E-state index in [2.05, 4.69) is 0 Å². The van der Waals surface area contributed by atoms with Crippen molar-refractivity contribution in [1.29, 1.82) is 5.26 Å². The van der Waals surface area contributed by atoms with Crippen molar-refractivity contribution in [1.82, 2.24) is 4.31 Å². The summed E-state index contributed by atoms with van der Waals surface area (Å²) in [7, 11) is -2.25. The van der Waals surface area contributed by atoms with Gasteiger partial charge in [0.1, 0.15) is 20.9 Å². The number of benzene rings is 1. The van der Waals surface area contributed by atoms with Crippen LogP contribution in [-0.4, -0.2) is 24.9 Å². The van der Waals surface area contributed by atoms with Crippen molar-refractivity contribution in [3.05, 3.63) is 46.8 Å². The Morgan fingerprint density at radius 1 is 1.29 bits per heavy atom. The predicted octanol–water partition coefficient (Wildman–Crippen LogP) is 2.71. The van der Waals surface area contributed by atoms with Gasteiger partial charge >= 0.3 is 0 Å². The fourth-order valence-corrected chi connectivity index (χ4v) is 4.54. The predicted molar refractivity (Wildman–Crippen MR) is 80.5 cm³/mol. The van der Waals surface area contributed by atoms with E-state index in [1.165, 1.54) is 29.6 Å². The van der Waals surface area contributed by atoms with Gasteiger partial charge in [-0.1, -0.05) is 18.2 Å². The molecule has 21 heavy (non-hydrogen) atoms. The van der Waals surface area contributed by atoms with Crippen molar-refractivity contribution in [3.63, 3.8) is 0 Å². The molecular weight excluding hydrogens is 308 g/mol. The third-order valence-corrected chi connectivity index (χ3v) is 6.64. The number of nitrogens with zero attached hydrogens (tertiary/aromatic N) is 2. The first kappa shape index (κ1) is 15.5. The summed E-state index contributed by atoms with van der Waals surface area (Å²) in [5.74, 6) is 0.0518. The number of phenols is 1. The van der Waals surface area contributed by atoms with Gasteiger partial charge in [0.15, 0.2) is 0 Å². The van der Waals surface area contributed by atoms with Gasteiger partial charge in [0.2, 0.25) is 0 Å². The van der Waals surface area contributed by atoms with Crippen molar-refractivity contribution in [3.8, 4) is 11.8 Å². The molecule has 0 spiro atoms. The van der Waals surface area contributed by atoms with E-state index in [4.69, 9.17) is 5.26 Å². The quantitative estimate of drug-likeness (QED) is 0.938. The third kappa shape index (κ3) is 2.93. The standard InChI is InChI=1S/C14H14N2O3S2/c1-10(12-5-3-4-6-13(12)17)16(2)21(18,19)14-8-7-11(9-15)20-14/h3-8,10,17H,1-2H3. The highest BCUT2D eigenvalue weighted by Crippen LogP contribution is 2.32. The van der Waals surface area contributed by atoms with E-state index >= 15 is 0 Å². The Kier molecular flexibility index (Phi) is 4.32. The molecule has 7 heteroatoms. The maximum absolute atomic E-state index is 12.5.